The standard InChI is InChI=1S/C12H12F2N2O3/c1-15-11(17)5-4-10(16(18)19)12(15)8-6-7(13)2-3-9(8)14/h2-3,6,10,12H,4-5H2,1H3/t10-,12+/m0/s1. The van der Waals surface area contributed by atoms with Gasteiger partial charge in [-0.15, -0.1) is 0 Å². The van der Waals surface area contributed by atoms with Crippen molar-refractivity contribution in [3.05, 3.63) is 45.5 Å². The lowest BCUT2D eigenvalue weighted by molar-refractivity contribution is -0.533. The van der Waals surface area contributed by atoms with Crippen molar-refractivity contribution in [2.24, 2.45) is 0 Å². The van der Waals surface area contributed by atoms with Crippen molar-refractivity contribution in [2.75, 3.05) is 7.05 Å². The minimum Gasteiger partial charge on any atom is -0.332 e. The third kappa shape index (κ3) is 2.40. The number of benzene rings is 1. The van der Waals surface area contributed by atoms with E-state index in [0.717, 1.165) is 23.1 Å². The van der Waals surface area contributed by atoms with E-state index in [4.69, 9.17) is 0 Å². The first kappa shape index (κ1) is 13.4. The summed E-state index contributed by atoms with van der Waals surface area (Å²) in [4.78, 5) is 23.2. The number of nitrogens with zero attached hydrogens (tertiary/aromatic N) is 2. The third-order valence-corrected chi connectivity index (χ3v) is 3.38. The molecule has 0 saturated carbocycles. The van der Waals surface area contributed by atoms with Crippen LogP contribution in [0.15, 0.2) is 18.2 Å². The van der Waals surface area contributed by atoms with Gasteiger partial charge < -0.3 is 4.90 Å². The predicted molar refractivity (Wildman–Crippen MR) is 61.9 cm³/mol. The van der Waals surface area contributed by atoms with Crippen LogP contribution in [0.2, 0.25) is 0 Å². The molecule has 0 unspecified atom stereocenters. The van der Waals surface area contributed by atoms with Gasteiger partial charge in [0.2, 0.25) is 11.9 Å². The van der Waals surface area contributed by atoms with Crippen LogP contribution in [-0.2, 0) is 4.79 Å². The summed E-state index contributed by atoms with van der Waals surface area (Å²) in [6, 6.07) is 0.552. The Morgan fingerprint density at radius 3 is 2.74 bits per heavy atom. The second-order valence-corrected chi connectivity index (χ2v) is 4.51. The molecule has 1 aromatic carbocycles. The summed E-state index contributed by atoms with van der Waals surface area (Å²) in [5, 5.41) is 11.0. The van der Waals surface area contributed by atoms with Gasteiger partial charge in [-0.1, -0.05) is 0 Å². The SMILES string of the molecule is CN1C(=O)CC[C@H]([N+](=O)[O-])[C@H]1c1cc(F)ccc1F. The van der Waals surface area contributed by atoms with E-state index in [-0.39, 0.29) is 24.3 Å². The van der Waals surface area contributed by atoms with Crippen LogP contribution in [0.1, 0.15) is 24.4 Å². The molecule has 0 bridgehead atoms. The molecule has 1 fully saturated rings. The number of likely N-dealkylation sites (N-methyl/N-ethyl adjacent to an activating group) is 1. The van der Waals surface area contributed by atoms with Gasteiger partial charge in [-0.25, -0.2) is 8.78 Å². The Balaban J connectivity index is 2.49. The molecule has 7 heteroatoms. The Hall–Kier alpha value is -2.05. The van der Waals surface area contributed by atoms with E-state index in [9.17, 15) is 23.7 Å². The lowest BCUT2D eigenvalue weighted by Crippen LogP contribution is -2.46. The largest absolute Gasteiger partial charge is 0.332 e. The number of nitro groups is 1. The molecular formula is C12H12F2N2O3. The van der Waals surface area contributed by atoms with E-state index < -0.39 is 28.6 Å². The van der Waals surface area contributed by atoms with Gasteiger partial charge in [0, 0.05) is 30.4 Å². The number of likely N-dealkylation sites (tertiary alicyclic amines) is 1. The van der Waals surface area contributed by atoms with Gasteiger partial charge in [0.25, 0.3) is 0 Å². The van der Waals surface area contributed by atoms with E-state index in [1.807, 2.05) is 0 Å². The highest BCUT2D eigenvalue weighted by atomic mass is 19.1. The Kier molecular flexibility index (Phi) is 3.46. The Labute approximate surface area is 108 Å². The number of hydrogen-bond acceptors (Lipinski definition) is 3. The fraction of sp³-hybridized carbons (Fsp3) is 0.417. The molecule has 0 N–H and O–H groups in total. The molecule has 1 aliphatic heterocycles. The summed E-state index contributed by atoms with van der Waals surface area (Å²) in [7, 11) is 1.37. The zero-order valence-corrected chi connectivity index (χ0v) is 10.2. The van der Waals surface area contributed by atoms with Gasteiger partial charge >= 0.3 is 0 Å². The van der Waals surface area contributed by atoms with Crippen LogP contribution < -0.4 is 0 Å². The normalized spacial score (nSPS) is 23.5. The first-order chi connectivity index (χ1) is 8.91. The lowest BCUT2D eigenvalue weighted by Gasteiger charge is -2.34. The Morgan fingerprint density at radius 1 is 1.42 bits per heavy atom. The van der Waals surface area contributed by atoms with E-state index in [0.29, 0.717) is 0 Å². The number of hydrogen-bond donors (Lipinski definition) is 0. The molecule has 1 saturated heterocycles. The first-order valence-electron chi connectivity index (χ1n) is 5.76. The van der Waals surface area contributed by atoms with Crippen molar-refractivity contribution in [1.82, 2.24) is 4.90 Å². The summed E-state index contributed by atoms with van der Waals surface area (Å²) in [5.41, 5.74) is -0.155. The van der Waals surface area contributed by atoms with Crippen molar-refractivity contribution >= 4 is 5.91 Å². The molecular weight excluding hydrogens is 258 g/mol. The smallest absolute Gasteiger partial charge is 0.237 e. The molecule has 0 aliphatic carbocycles. The van der Waals surface area contributed by atoms with Gasteiger partial charge in [0.15, 0.2) is 0 Å². The van der Waals surface area contributed by atoms with Gasteiger partial charge in [-0.3, -0.25) is 14.9 Å². The number of piperidine rings is 1. The number of carbonyl (C=O) groups excluding carboxylic acids is 1. The van der Waals surface area contributed by atoms with Crippen molar-refractivity contribution in [3.8, 4) is 0 Å². The van der Waals surface area contributed by atoms with Crippen LogP contribution in [0.5, 0.6) is 0 Å². The second kappa shape index (κ2) is 4.91. The maximum absolute atomic E-state index is 13.8. The average Bonchev–Trinajstić information content (AvgIpc) is 2.35. The van der Waals surface area contributed by atoms with E-state index >= 15 is 0 Å². The minimum atomic E-state index is -1.13. The van der Waals surface area contributed by atoms with Gasteiger partial charge in [0.1, 0.15) is 17.7 Å². The minimum absolute atomic E-state index is 0.0246. The van der Waals surface area contributed by atoms with E-state index in [1.165, 1.54) is 7.05 Å². The molecule has 2 atom stereocenters. The Morgan fingerprint density at radius 2 is 2.11 bits per heavy atom. The first-order valence-corrected chi connectivity index (χ1v) is 5.76. The van der Waals surface area contributed by atoms with Crippen LogP contribution in [0.25, 0.3) is 0 Å². The topological polar surface area (TPSA) is 63.5 Å². The van der Waals surface area contributed by atoms with E-state index in [2.05, 4.69) is 0 Å². The highest BCUT2D eigenvalue weighted by molar-refractivity contribution is 5.77. The number of halogens is 2. The molecule has 0 spiro atoms. The summed E-state index contributed by atoms with van der Waals surface area (Å²) in [6.07, 6.45) is 0.0619. The predicted octanol–water partition coefficient (Wildman–Crippen LogP) is 1.90. The fourth-order valence-corrected chi connectivity index (χ4v) is 2.40. The summed E-state index contributed by atoms with van der Waals surface area (Å²) >= 11 is 0. The van der Waals surface area contributed by atoms with Crippen molar-refractivity contribution in [1.29, 1.82) is 0 Å². The van der Waals surface area contributed by atoms with E-state index in [1.54, 1.807) is 0 Å². The maximum Gasteiger partial charge on any atom is 0.237 e. The zero-order chi connectivity index (χ0) is 14.2. The number of rotatable bonds is 2. The zero-order valence-electron chi connectivity index (χ0n) is 10.2. The average molecular weight is 270 g/mol. The number of amides is 1. The monoisotopic (exact) mass is 270 g/mol. The van der Waals surface area contributed by atoms with Crippen LogP contribution in [-0.4, -0.2) is 28.8 Å². The quantitative estimate of drug-likeness (QED) is 0.609. The van der Waals surface area contributed by atoms with Gasteiger partial charge in [-0.05, 0) is 18.2 Å². The molecule has 0 radical (unpaired) electrons. The second-order valence-electron chi connectivity index (χ2n) is 4.51. The molecule has 1 aliphatic rings. The van der Waals surface area contributed by atoms with Crippen molar-refractivity contribution < 1.29 is 18.5 Å². The lowest BCUT2D eigenvalue weighted by atomic mass is 9.90. The molecule has 2 rings (SSSR count). The fourth-order valence-electron chi connectivity index (χ4n) is 2.40. The maximum atomic E-state index is 13.8. The third-order valence-electron chi connectivity index (χ3n) is 3.38. The molecule has 102 valence electrons. The summed E-state index contributed by atoms with van der Waals surface area (Å²) in [6.45, 7) is 0. The van der Waals surface area contributed by atoms with Crippen LogP contribution in [0.4, 0.5) is 8.78 Å². The molecule has 1 heterocycles. The van der Waals surface area contributed by atoms with Crippen LogP contribution >= 0.6 is 0 Å². The summed E-state index contributed by atoms with van der Waals surface area (Å²) in [5.74, 6) is -1.75. The van der Waals surface area contributed by atoms with Crippen LogP contribution in [0, 0.1) is 21.7 Å². The van der Waals surface area contributed by atoms with Crippen molar-refractivity contribution in [3.63, 3.8) is 0 Å². The number of carbonyl (C=O) groups is 1. The molecule has 1 aromatic rings. The molecule has 0 aromatic heterocycles. The molecule has 5 nitrogen and oxygen atoms in total. The highest BCUT2D eigenvalue weighted by Gasteiger charge is 2.43. The molecule has 19 heavy (non-hydrogen) atoms. The highest BCUT2D eigenvalue weighted by Crippen LogP contribution is 2.34. The van der Waals surface area contributed by atoms with Crippen molar-refractivity contribution in [2.45, 2.75) is 24.9 Å². The Bertz CT molecular complexity index is 536. The van der Waals surface area contributed by atoms with Gasteiger partial charge in [0.05, 0.1) is 0 Å². The van der Waals surface area contributed by atoms with Crippen LogP contribution in [0.3, 0.4) is 0 Å². The molecule has 1 amide bonds. The van der Waals surface area contributed by atoms with Gasteiger partial charge in [-0.2, -0.15) is 0 Å². The summed E-state index contributed by atoms with van der Waals surface area (Å²) < 4.78 is 27.0.